The Morgan fingerprint density at radius 2 is 1.29 bits per heavy atom. The van der Waals surface area contributed by atoms with Gasteiger partial charge in [0.1, 0.15) is 0 Å². The Kier molecular flexibility index (Phi) is 4.76. The van der Waals surface area contributed by atoms with Crippen molar-refractivity contribution >= 4 is 5.97 Å². The molecule has 0 bridgehead atoms. The molecule has 0 spiro atoms. The van der Waals surface area contributed by atoms with E-state index in [4.69, 9.17) is 4.74 Å². The molecule has 120 valence electrons. The zero-order valence-electron chi connectivity index (χ0n) is 13.9. The van der Waals surface area contributed by atoms with Gasteiger partial charge in [-0.2, -0.15) is 0 Å². The molecule has 0 aliphatic carbocycles. The van der Waals surface area contributed by atoms with Crippen molar-refractivity contribution in [3.8, 4) is 22.3 Å². The molecule has 0 saturated carbocycles. The number of rotatable bonds is 4. The lowest BCUT2D eigenvalue weighted by Crippen LogP contribution is -2.10. The first kappa shape index (κ1) is 16.0. The lowest BCUT2D eigenvalue weighted by Gasteiger charge is -2.11. The smallest absolute Gasteiger partial charge is 0.312 e. The lowest BCUT2D eigenvalue weighted by atomic mass is 9.95. The Morgan fingerprint density at radius 3 is 1.92 bits per heavy atom. The van der Waals surface area contributed by atoms with Crippen molar-refractivity contribution < 1.29 is 9.53 Å². The van der Waals surface area contributed by atoms with E-state index in [0.717, 1.165) is 16.7 Å². The summed E-state index contributed by atoms with van der Waals surface area (Å²) in [7, 11) is 1.42. The molecule has 2 heteroatoms. The number of methoxy groups -OCH3 is 1. The number of hydrogen-bond acceptors (Lipinski definition) is 2. The third kappa shape index (κ3) is 3.38. The van der Waals surface area contributed by atoms with Crippen molar-refractivity contribution in [2.75, 3.05) is 7.11 Å². The molecule has 1 unspecified atom stereocenters. The number of carbonyl (C=O) groups excluding carboxylic acids is 1. The van der Waals surface area contributed by atoms with Crippen LogP contribution in [0.1, 0.15) is 18.4 Å². The Labute approximate surface area is 142 Å². The average Bonchev–Trinajstić information content (AvgIpc) is 2.67. The molecule has 0 amide bonds. The van der Waals surface area contributed by atoms with Crippen LogP contribution in [0, 0.1) is 0 Å². The summed E-state index contributed by atoms with van der Waals surface area (Å²) >= 11 is 0. The Bertz CT molecular complexity index is 820. The van der Waals surface area contributed by atoms with Gasteiger partial charge in [0.25, 0.3) is 0 Å². The minimum atomic E-state index is -0.265. The summed E-state index contributed by atoms with van der Waals surface area (Å²) in [5.41, 5.74) is 5.60. The number of benzene rings is 3. The highest BCUT2D eigenvalue weighted by Crippen LogP contribution is 2.27. The highest BCUT2D eigenvalue weighted by atomic mass is 16.5. The van der Waals surface area contributed by atoms with Gasteiger partial charge in [-0.15, -0.1) is 0 Å². The van der Waals surface area contributed by atoms with Gasteiger partial charge in [-0.05, 0) is 34.7 Å². The topological polar surface area (TPSA) is 26.3 Å². The van der Waals surface area contributed by atoms with Crippen molar-refractivity contribution in [2.24, 2.45) is 0 Å². The van der Waals surface area contributed by atoms with E-state index in [-0.39, 0.29) is 11.9 Å². The maximum atomic E-state index is 11.7. The van der Waals surface area contributed by atoms with Gasteiger partial charge in [0.05, 0.1) is 13.0 Å². The molecule has 0 aliphatic rings. The van der Waals surface area contributed by atoms with Crippen LogP contribution in [0.25, 0.3) is 22.3 Å². The zero-order valence-corrected chi connectivity index (χ0v) is 13.9. The first-order valence-corrected chi connectivity index (χ1v) is 8.02. The number of esters is 1. The molecule has 0 N–H and O–H groups in total. The molecule has 0 radical (unpaired) electrons. The van der Waals surface area contributed by atoms with Crippen LogP contribution in [0.2, 0.25) is 0 Å². The van der Waals surface area contributed by atoms with Crippen LogP contribution in [0.3, 0.4) is 0 Å². The van der Waals surface area contributed by atoms with Gasteiger partial charge in [0.2, 0.25) is 0 Å². The molecule has 3 aromatic carbocycles. The maximum absolute atomic E-state index is 11.7. The monoisotopic (exact) mass is 316 g/mol. The SMILES string of the molecule is COC(=O)C(C)c1cccc(-c2ccc(-c3ccccc3)cc2)c1. The quantitative estimate of drug-likeness (QED) is 0.611. The van der Waals surface area contributed by atoms with Crippen LogP contribution in [0.4, 0.5) is 0 Å². The largest absolute Gasteiger partial charge is 0.469 e. The summed E-state index contributed by atoms with van der Waals surface area (Å²) in [6, 6.07) is 26.9. The summed E-state index contributed by atoms with van der Waals surface area (Å²) < 4.78 is 4.84. The predicted molar refractivity (Wildman–Crippen MR) is 97.7 cm³/mol. The molecule has 0 aliphatic heterocycles. The minimum Gasteiger partial charge on any atom is -0.469 e. The molecular weight excluding hydrogens is 296 g/mol. The summed E-state index contributed by atoms with van der Waals surface area (Å²) in [6.45, 7) is 1.86. The molecule has 0 fully saturated rings. The second-order valence-corrected chi connectivity index (χ2v) is 5.81. The first-order chi connectivity index (χ1) is 11.7. The average molecular weight is 316 g/mol. The van der Waals surface area contributed by atoms with E-state index >= 15 is 0 Å². The van der Waals surface area contributed by atoms with Gasteiger partial charge in [0, 0.05) is 0 Å². The predicted octanol–water partition coefficient (Wildman–Crippen LogP) is 5.30. The number of hydrogen-bond donors (Lipinski definition) is 0. The second-order valence-electron chi connectivity index (χ2n) is 5.81. The third-order valence-electron chi connectivity index (χ3n) is 4.27. The highest BCUT2D eigenvalue weighted by molar-refractivity contribution is 5.79. The summed E-state index contributed by atoms with van der Waals surface area (Å²) in [5.74, 6) is -0.481. The fraction of sp³-hybridized carbons (Fsp3) is 0.136. The summed E-state index contributed by atoms with van der Waals surface area (Å²) in [6.07, 6.45) is 0. The molecule has 3 aromatic rings. The molecule has 2 nitrogen and oxygen atoms in total. The summed E-state index contributed by atoms with van der Waals surface area (Å²) in [5, 5.41) is 0. The van der Waals surface area contributed by atoms with E-state index < -0.39 is 0 Å². The molecule has 1 atom stereocenters. The van der Waals surface area contributed by atoms with Crippen molar-refractivity contribution in [3.63, 3.8) is 0 Å². The van der Waals surface area contributed by atoms with E-state index in [2.05, 4.69) is 48.5 Å². The van der Waals surface area contributed by atoms with Gasteiger partial charge in [-0.3, -0.25) is 4.79 Å². The molecular formula is C22H20O2. The van der Waals surface area contributed by atoms with Crippen LogP contribution in [0.15, 0.2) is 78.9 Å². The standard InChI is InChI=1S/C22H20O2/c1-16(22(23)24-2)20-9-6-10-21(15-20)19-13-11-18(12-14-19)17-7-4-3-5-8-17/h3-16H,1-2H3. The molecule has 24 heavy (non-hydrogen) atoms. The van der Waals surface area contributed by atoms with Crippen molar-refractivity contribution in [1.29, 1.82) is 0 Å². The van der Waals surface area contributed by atoms with Crippen LogP contribution >= 0.6 is 0 Å². The van der Waals surface area contributed by atoms with E-state index in [1.165, 1.54) is 18.2 Å². The van der Waals surface area contributed by atoms with Gasteiger partial charge in [-0.25, -0.2) is 0 Å². The van der Waals surface area contributed by atoms with Crippen LogP contribution in [-0.4, -0.2) is 13.1 Å². The van der Waals surface area contributed by atoms with Crippen molar-refractivity contribution in [3.05, 3.63) is 84.4 Å². The van der Waals surface area contributed by atoms with Crippen LogP contribution in [0.5, 0.6) is 0 Å². The number of carbonyl (C=O) groups is 1. The first-order valence-electron chi connectivity index (χ1n) is 8.02. The Morgan fingerprint density at radius 1 is 0.750 bits per heavy atom. The lowest BCUT2D eigenvalue weighted by molar-refractivity contribution is -0.141. The van der Waals surface area contributed by atoms with Crippen LogP contribution in [-0.2, 0) is 9.53 Å². The van der Waals surface area contributed by atoms with E-state index in [1.54, 1.807) is 0 Å². The van der Waals surface area contributed by atoms with Gasteiger partial charge in [0.15, 0.2) is 0 Å². The fourth-order valence-corrected chi connectivity index (χ4v) is 2.79. The van der Waals surface area contributed by atoms with E-state index in [1.807, 2.05) is 37.3 Å². The number of ether oxygens (including phenoxy) is 1. The van der Waals surface area contributed by atoms with E-state index in [0.29, 0.717) is 0 Å². The van der Waals surface area contributed by atoms with Gasteiger partial charge >= 0.3 is 5.97 Å². The van der Waals surface area contributed by atoms with Gasteiger partial charge < -0.3 is 4.74 Å². The molecule has 3 rings (SSSR count). The highest BCUT2D eigenvalue weighted by Gasteiger charge is 2.15. The summed E-state index contributed by atoms with van der Waals surface area (Å²) in [4.78, 5) is 11.7. The molecule has 0 heterocycles. The van der Waals surface area contributed by atoms with Gasteiger partial charge in [-0.1, -0.05) is 78.9 Å². The maximum Gasteiger partial charge on any atom is 0.312 e. The van der Waals surface area contributed by atoms with Crippen LogP contribution < -0.4 is 0 Å². The van der Waals surface area contributed by atoms with E-state index in [9.17, 15) is 4.79 Å². The molecule has 0 saturated heterocycles. The van der Waals surface area contributed by atoms with Crippen molar-refractivity contribution in [2.45, 2.75) is 12.8 Å². The zero-order chi connectivity index (χ0) is 16.9. The minimum absolute atomic E-state index is 0.216. The Hall–Kier alpha value is -2.87. The van der Waals surface area contributed by atoms with Crippen molar-refractivity contribution in [1.82, 2.24) is 0 Å². The normalized spacial score (nSPS) is 11.8. The second kappa shape index (κ2) is 7.14. The molecule has 0 aromatic heterocycles. The fourth-order valence-electron chi connectivity index (χ4n) is 2.79. The third-order valence-corrected chi connectivity index (χ3v) is 4.27. The Balaban J connectivity index is 1.88.